The Hall–Kier alpha value is -3.44. The zero-order valence-corrected chi connectivity index (χ0v) is 14.9. The van der Waals surface area contributed by atoms with Gasteiger partial charge in [0.15, 0.2) is 4.96 Å². The van der Waals surface area contributed by atoms with Crippen molar-refractivity contribution in [1.29, 1.82) is 0 Å². The highest BCUT2D eigenvalue weighted by molar-refractivity contribution is 7.23. The average molecular weight is 368 g/mol. The van der Waals surface area contributed by atoms with Gasteiger partial charge < -0.3 is 4.42 Å². The fraction of sp³-hybridized carbons (Fsp3) is 0. The lowest BCUT2D eigenvalue weighted by molar-refractivity contribution is 0.563. The van der Waals surface area contributed by atoms with Gasteiger partial charge in [-0.15, -0.1) is 0 Å². The summed E-state index contributed by atoms with van der Waals surface area (Å²) in [6, 6.07) is 22.0. The lowest BCUT2D eigenvalue weighted by Gasteiger charge is -2.04. The number of aromatic nitrogens is 2. The molecule has 0 aliphatic heterocycles. The third-order valence-electron chi connectivity index (χ3n) is 4.92. The van der Waals surface area contributed by atoms with Crippen molar-refractivity contribution in [2.24, 2.45) is 0 Å². The summed E-state index contributed by atoms with van der Waals surface area (Å²) in [6.45, 7) is 0. The molecule has 3 aromatic heterocycles. The van der Waals surface area contributed by atoms with Crippen molar-refractivity contribution < 1.29 is 4.42 Å². The monoisotopic (exact) mass is 368 g/mol. The van der Waals surface area contributed by atoms with E-state index in [1.165, 1.54) is 4.70 Å². The maximum atomic E-state index is 12.6. The summed E-state index contributed by atoms with van der Waals surface area (Å²) in [4.78, 5) is 18.2. The molecule has 27 heavy (non-hydrogen) atoms. The number of hydrogen-bond acceptors (Lipinski definition) is 4. The van der Waals surface area contributed by atoms with Crippen LogP contribution in [-0.2, 0) is 0 Å². The predicted octanol–water partition coefficient (Wildman–Crippen LogP) is 5.48. The van der Waals surface area contributed by atoms with Crippen LogP contribution >= 0.6 is 11.3 Å². The standard InChI is InChI=1S/C22H12N2O2S/c25-21-16(11-15-14-6-2-1-5-13(14)9-10-19(15)26-21)17-12-24-18-7-3-4-8-20(18)27-22(24)23-17/h1-12H. The molecule has 0 unspecified atom stereocenters. The first kappa shape index (κ1) is 14.7. The van der Waals surface area contributed by atoms with Crippen molar-refractivity contribution in [3.05, 3.63) is 83.3 Å². The van der Waals surface area contributed by atoms with Gasteiger partial charge >= 0.3 is 5.63 Å². The van der Waals surface area contributed by atoms with E-state index in [0.717, 1.165) is 26.6 Å². The second kappa shape index (κ2) is 5.28. The van der Waals surface area contributed by atoms with Crippen molar-refractivity contribution in [2.45, 2.75) is 0 Å². The number of imidazole rings is 1. The van der Waals surface area contributed by atoms with Gasteiger partial charge in [-0.3, -0.25) is 4.40 Å². The van der Waals surface area contributed by atoms with Crippen LogP contribution in [-0.4, -0.2) is 9.38 Å². The van der Waals surface area contributed by atoms with Crippen LogP contribution in [0, 0.1) is 0 Å². The van der Waals surface area contributed by atoms with Crippen LogP contribution in [0.15, 0.2) is 82.1 Å². The van der Waals surface area contributed by atoms with Crippen molar-refractivity contribution in [1.82, 2.24) is 9.38 Å². The number of fused-ring (bicyclic) bond motifs is 6. The van der Waals surface area contributed by atoms with E-state index in [9.17, 15) is 4.79 Å². The smallest absolute Gasteiger partial charge is 0.345 e. The molecule has 128 valence electrons. The molecule has 0 aliphatic rings. The Morgan fingerprint density at radius 1 is 0.926 bits per heavy atom. The minimum atomic E-state index is -0.368. The fourth-order valence-corrected chi connectivity index (χ4v) is 4.64. The number of benzene rings is 3. The minimum absolute atomic E-state index is 0.368. The summed E-state index contributed by atoms with van der Waals surface area (Å²) in [5.41, 5.74) is 2.43. The molecular formula is C22H12N2O2S. The molecule has 0 radical (unpaired) electrons. The molecule has 5 heteroatoms. The summed E-state index contributed by atoms with van der Waals surface area (Å²) in [6.07, 6.45) is 1.91. The Labute approximate surface area is 156 Å². The number of para-hydroxylation sites is 1. The Balaban J connectivity index is 1.66. The Morgan fingerprint density at radius 2 is 1.78 bits per heavy atom. The van der Waals surface area contributed by atoms with Crippen LogP contribution in [0.4, 0.5) is 0 Å². The highest BCUT2D eigenvalue weighted by atomic mass is 32.1. The molecule has 3 heterocycles. The second-order valence-corrected chi connectivity index (χ2v) is 7.50. The Kier molecular flexibility index (Phi) is 2.88. The van der Waals surface area contributed by atoms with Gasteiger partial charge in [-0.2, -0.15) is 0 Å². The van der Waals surface area contributed by atoms with E-state index < -0.39 is 0 Å². The van der Waals surface area contributed by atoms with E-state index in [2.05, 4.69) is 23.2 Å². The van der Waals surface area contributed by atoms with Crippen molar-refractivity contribution in [3.63, 3.8) is 0 Å². The third kappa shape index (κ3) is 2.09. The van der Waals surface area contributed by atoms with E-state index >= 15 is 0 Å². The van der Waals surface area contributed by atoms with Gasteiger partial charge in [0.1, 0.15) is 5.58 Å². The molecule has 3 aromatic carbocycles. The van der Waals surface area contributed by atoms with E-state index in [1.807, 2.05) is 59.1 Å². The van der Waals surface area contributed by atoms with Crippen molar-refractivity contribution in [3.8, 4) is 11.3 Å². The maximum absolute atomic E-state index is 12.6. The summed E-state index contributed by atoms with van der Waals surface area (Å²) < 4.78 is 8.81. The quantitative estimate of drug-likeness (QED) is 0.285. The first-order valence-corrected chi connectivity index (χ1v) is 9.42. The molecule has 0 N–H and O–H groups in total. The van der Waals surface area contributed by atoms with Gasteiger partial charge in [-0.25, -0.2) is 9.78 Å². The van der Waals surface area contributed by atoms with Gasteiger partial charge in [0.25, 0.3) is 0 Å². The van der Waals surface area contributed by atoms with Gasteiger partial charge in [0.05, 0.1) is 21.5 Å². The highest BCUT2D eigenvalue weighted by Gasteiger charge is 2.15. The molecule has 4 nitrogen and oxygen atoms in total. The van der Waals surface area contributed by atoms with E-state index in [-0.39, 0.29) is 5.63 Å². The summed E-state index contributed by atoms with van der Waals surface area (Å²) in [5.74, 6) is 0. The summed E-state index contributed by atoms with van der Waals surface area (Å²) in [5, 5.41) is 3.09. The van der Waals surface area contributed by atoms with Crippen LogP contribution in [0.25, 0.3) is 48.2 Å². The molecule has 6 rings (SSSR count). The first-order chi connectivity index (χ1) is 13.3. The minimum Gasteiger partial charge on any atom is -0.422 e. The largest absolute Gasteiger partial charge is 0.422 e. The van der Waals surface area contributed by atoms with Crippen LogP contribution < -0.4 is 5.63 Å². The average Bonchev–Trinajstić information content (AvgIpc) is 3.25. The molecule has 0 spiro atoms. The number of hydrogen-bond donors (Lipinski definition) is 0. The van der Waals surface area contributed by atoms with Crippen LogP contribution in [0.3, 0.4) is 0 Å². The topological polar surface area (TPSA) is 47.5 Å². The summed E-state index contributed by atoms with van der Waals surface area (Å²) in [7, 11) is 0. The van der Waals surface area contributed by atoms with E-state index in [4.69, 9.17) is 4.42 Å². The number of rotatable bonds is 1. The predicted molar refractivity (Wildman–Crippen MR) is 110 cm³/mol. The maximum Gasteiger partial charge on any atom is 0.345 e. The molecule has 0 saturated carbocycles. The zero-order valence-electron chi connectivity index (χ0n) is 14.0. The van der Waals surface area contributed by atoms with Gasteiger partial charge in [0, 0.05) is 11.6 Å². The number of nitrogens with zero attached hydrogens (tertiary/aromatic N) is 2. The van der Waals surface area contributed by atoms with Gasteiger partial charge in [0.2, 0.25) is 0 Å². The van der Waals surface area contributed by atoms with Crippen LogP contribution in [0.2, 0.25) is 0 Å². The molecular weight excluding hydrogens is 356 g/mol. The SMILES string of the molecule is O=c1oc2ccc3ccccc3c2cc1-c1cn2c(n1)sc1ccccc12. The van der Waals surface area contributed by atoms with Crippen molar-refractivity contribution in [2.75, 3.05) is 0 Å². The molecule has 0 bridgehead atoms. The third-order valence-corrected chi connectivity index (χ3v) is 5.95. The molecule has 0 saturated heterocycles. The van der Waals surface area contributed by atoms with Crippen molar-refractivity contribution >= 4 is 48.3 Å². The zero-order chi connectivity index (χ0) is 18.0. The van der Waals surface area contributed by atoms with E-state index in [0.29, 0.717) is 16.8 Å². The lowest BCUT2D eigenvalue weighted by Crippen LogP contribution is -2.03. The Morgan fingerprint density at radius 3 is 2.74 bits per heavy atom. The van der Waals surface area contributed by atoms with Gasteiger partial charge in [-0.1, -0.05) is 53.8 Å². The first-order valence-electron chi connectivity index (χ1n) is 8.60. The van der Waals surface area contributed by atoms with Crippen LogP contribution in [0.5, 0.6) is 0 Å². The highest BCUT2D eigenvalue weighted by Crippen LogP contribution is 2.31. The molecule has 0 fully saturated rings. The second-order valence-electron chi connectivity index (χ2n) is 6.49. The normalized spacial score (nSPS) is 11.9. The molecule has 0 amide bonds. The Bertz CT molecular complexity index is 1560. The molecule has 6 aromatic rings. The summed E-state index contributed by atoms with van der Waals surface area (Å²) >= 11 is 1.61. The number of thiazole rings is 1. The van der Waals surface area contributed by atoms with Crippen LogP contribution in [0.1, 0.15) is 0 Å². The van der Waals surface area contributed by atoms with E-state index in [1.54, 1.807) is 11.3 Å². The fourth-order valence-electron chi connectivity index (χ4n) is 3.63. The molecule has 0 aliphatic carbocycles. The molecule has 0 atom stereocenters. The van der Waals surface area contributed by atoms with Gasteiger partial charge in [-0.05, 0) is 35.0 Å². The lowest BCUT2D eigenvalue weighted by atomic mass is 10.0.